The van der Waals surface area contributed by atoms with Crippen LogP contribution in [0.25, 0.3) is 0 Å². The minimum atomic E-state index is -0.407. The quantitative estimate of drug-likeness (QED) is 0.721. The number of halogens is 2. The number of thioether (sulfide) groups is 1. The van der Waals surface area contributed by atoms with Crippen molar-refractivity contribution in [3.63, 3.8) is 0 Å². The molecule has 0 unspecified atom stereocenters. The molecule has 2 saturated heterocycles. The summed E-state index contributed by atoms with van der Waals surface area (Å²) in [7, 11) is 0. The van der Waals surface area contributed by atoms with E-state index in [1.165, 1.54) is 37.2 Å². The normalized spacial score (nSPS) is 25.5. The monoisotopic (exact) mass is 413 g/mol. The van der Waals surface area contributed by atoms with Crippen molar-refractivity contribution in [3.05, 3.63) is 0 Å². The highest BCUT2D eigenvalue weighted by molar-refractivity contribution is 7.99. The number of carbonyl (C=O) groups excluding carboxylic acids is 1. The van der Waals surface area contributed by atoms with E-state index in [1.807, 2.05) is 11.8 Å². The largest absolute Gasteiger partial charge is 0.381 e. The first-order valence-corrected chi connectivity index (χ1v) is 10.3. The SMILES string of the molecule is Cl.Cl.NCC1(C(=O)NCC2(N3CCSCC3)CCCC2)CCOCC1. The second-order valence-electron chi connectivity index (χ2n) is 7.31. The van der Waals surface area contributed by atoms with Gasteiger partial charge in [-0.2, -0.15) is 11.8 Å². The molecular weight excluding hydrogens is 381 g/mol. The number of hydrogen-bond donors (Lipinski definition) is 2. The molecular formula is C17H33Cl2N3O2S. The molecule has 0 radical (unpaired) electrons. The second-order valence-corrected chi connectivity index (χ2v) is 8.54. The van der Waals surface area contributed by atoms with Gasteiger partial charge in [0.15, 0.2) is 0 Å². The summed E-state index contributed by atoms with van der Waals surface area (Å²) in [5, 5.41) is 3.30. The molecule has 1 saturated carbocycles. The maximum Gasteiger partial charge on any atom is 0.227 e. The number of nitrogens with two attached hydrogens (primary N) is 1. The summed E-state index contributed by atoms with van der Waals surface area (Å²) in [4.78, 5) is 15.5. The molecule has 1 aliphatic carbocycles. The van der Waals surface area contributed by atoms with Gasteiger partial charge in [-0.25, -0.2) is 0 Å². The fourth-order valence-corrected chi connectivity index (χ4v) is 5.30. The Balaban J connectivity index is 0.00000156. The van der Waals surface area contributed by atoms with E-state index < -0.39 is 5.41 Å². The van der Waals surface area contributed by atoms with Crippen LogP contribution in [0.2, 0.25) is 0 Å². The van der Waals surface area contributed by atoms with Gasteiger partial charge in [0.2, 0.25) is 5.91 Å². The number of nitrogens with one attached hydrogen (secondary N) is 1. The molecule has 2 aliphatic heterocycles. The number of nitrogens with zero attached hydrogens (tertiary/aromatic N) is 1. The topological polar surface area (TPSA) is 67.6 Å². The number of carbonyl (C=O) groups is 1. The van der Waals surface area contributed by atoms with Crippen molar-refractivity contribution >= 4 is 42.5 Å². The van der Waals surface area contributed by atoms with Crippen LogP contribution in [0.4, 0.5) is 0 Å². The summed E-state index contributed by atoms with van der Waals surface area (Å²) >= 11 is 2.05. The molecule has 0 spiro atoms. The molecule has 2 heterocycles. The van der Waals surface area contributed by atoms with Crippen LogP contribution in [0.5, 0.6) is 0 Å². The summed E-state index contributed by atoms with van der Waals surface area (Å²) in [5.74, 6) is 2.60. The molecule has 5 nitrogen and oxygen atoms in total. The van der Waals surface area contributed by atoms with Gasteiger partial charge >= 0.3 is 0 Å². The van der Waals surface area contributed by atoms with Crippen molar-refractivity contribution in [3.8, 4) is 0 Å². The average Bonchev–Trinajstić information content (AvgIpc) is 3.11. The molecule has 0 bridgehead atoms. The molecule has 0 aromatic rings. The van der Waals surface area contributed by atoms with Crippen LogP contribution in [-0.2, 0) is 9.53 Å². The van der Waals surface area contributed by atoms with Gasteiger partial charge < -0.3 is 15.8 Å². The summed E-state index contributed by atoms with van der Waals surface area (Å²) in [5.41, 5.74) is 5.75. The Bertz CT molecular complexity index is 411. The summed E-state index contributed by atoms with van der Waals surface area (Å²) in [6.07, 6.45) is 6.52. The van der Waals surface area contributed by atoms with E-state index >= 15 is 0 Å². The van der Waals surface area contributed by atoms with E-state index in [4.69, 9.17) is 10.5 Å². The first-order chi connectivity index (χ1) is 11.2. The third-order valence-corrected chi connectivity index (χ3v) is 7.06. The summed E-state index contributed by atoms with van der Waals surface area (Å²) < 4.78 is 5.42. The van der Waals surface area contributed by atoms with Crippen molar-refractivity contribution in [2.45, 2.75) is 44.1 Å². The van der Waals surface area contributed by atoms with Crippen LogP contribution in [0.1, 0.15) is 38.5 Å². The Hall–Kier alpha value is 0.280. The van der Waals surface area contributed by atoms with E-state index in [0.717, 1.165) is 32.5 Å². The third kappa shape index (κ3) is 5.17. The van der Waals surface area contributed by atoms with Gasteiger partial charge in [0.1, 0.15) is 0 Å². The zero-order valence-electron chi connectivity index (χ0n) is 15.0. The Morgan fingerprint density at radius 3 is 2.24 bits per heavy atom. The molecule has 8 heteroatoms. The Morgan fingerprint density at radius 2 is 1.68 bits per heavy atom. The van der Waals surface area contributed by atoms with Crippen molar-refractivity contribution in [1.82, 2.24) is 10.2 Å². The molecule has 0 aromatic heterocycles. The van der Waals surface area contributed by atoms with Gasteiger partial charge in [-0.1, -0.05) is 12.8 Å². The smallest absolute Gasteiger partial charge is 0.227 e. The molecule has 0 atom stereocenters. The van der Waals surface area contributed by atoms with Gasteiger partial charge in [0.05, 0.1) is 5.41 Å². The maximum absolute atomic E-state index is 12.9. The van der Waals surface area contributed by atoms with Crippen LogP contribution < -0.4 is 11.1 Å². The average molecular weight is 414 g/mol. The van der Waals surface area contributed by atoms with Crippen molar-refractivity contribution in [2.75, 3.05) is 50.9 Å². The lowest BCUT2D eigenvalue weighted by atomic mass is 9.79. The highest BCUT2D eigenvalue weighted by atomic mass is 35.5. The highest BCUT2D eigenvalue weighted by Crippen LogP contribution is 2.37. The lowest BCUT2D eigenvalue weighted by Crippen LogP contribution is -2.59. The first kappa shape index (κ1) is 23.3. The number of hydrogen-bond acceptors (Lipinski definition) is 5. The van der Waals surface area contributed by atoms with Crippen LogP contribution in [0.15, 0.2) is 0 Å². The molecule has 0 aromatic carbocycles. The van der Waals surface area contributed by atoms with E-state index in [0.29, 0.717) is 19.8 Å². The van der Waals surface area contributed by atoms with Crippen LogP contribution in [0.3, 0.4) is 0 Å². The van der Waals surface area contributed by atoms with Gasteiger partial charge in [0.25, 0.3) is 0 Å². The fraction of sp³-hybridized carbons (Fsp3) is 0.941. The number of rotatable bonds is 5. The molecule has 3 rings (SSSR count). The van der Waals surface area contributed by atoms with Gasteiger partial charge in [-0.3, -0.25) is 9.69 Å². The molecule has 3 N–H and O–H groups in total. The van der Waals surface area contributed by atoms with Crippen molar-refractivity contribution < 1.29 is 9.53 Å². The van der Waals surface area contributed by atoms with Gasteiger partial charge in [-0.15, -0.1) is 24.8 Å². The third-order valence-electron chi connectivity index (χ3n) is 6.12. The zero-order chi connectivity index (χ0) is 16.2. The van der Waals surface area contributed by atoms with Crippen LogP contribution in [-0.4, -0.2) is 67.2 Å². The van der Waals surface area contributed by atoms with E-state index in [1.54, 1.807) is 0 Å². The van der Waals surface area contributed by atoms with E-state index in [2.05, 4.69) is 10.2 Å². The maximum atomic E-state index is 12.9. The van der Waals surface area contributed by atoms with Gasteiger partial charge in [0, 0.05) is 56.4 Å². The van der Waals surface area contributed by atoms with Crippen LogP contribution in [0, 0.1) is 5.41 Å². The Morgan fingerprint density at radius 1 is 1.08 bits per heavy atom. The minimum Gasteiger partial charge on any atom is -0.381 e. The Labute approximate surface area is 168 Å². The number of amides is 1. The molecule has 25 heavy (non-hydrogen) atoms. The van der Waals surface area contributed by atoms with Gasteiger partial charge in [-0.05, 0) is 25.7 Å². The first-order valence-electron chi connectivity index (χ1n) is 9.10. The second kappa shape index (κ2) is 10.6. The predicted octanol–water partition coefficient (Wildman–Crippen LogP) is 2.06. The van der Waals surface area contributed by atoms with E-state index in [9.17, 15) is 4.79 Å². The minimum absolute atomic E-state index is 0. The zero-order valence-corrected chi connectivity index (χ0v) is 17.4. The highest BCUT2D eigenvalue weighted by Gasteiger charge is 2.43. The lowest BCUT2D eigenvalue weighted by molar-refractivity contribution is -0.136. The lowest BCUT2D eigenvalue weighted by Gasteiger charge is -2.44. The predicted molar refractivity (Wildman–Crippen MR) is 109 cm³/mol. The van der Waals surface area contributed by atoms with Crippen molar-refractivity contribution in [2.24, 2.45) is 11.1 Å². The summed E-state index contributed by atoms with van der Waals surface area (Å²) in [6.45, 7) is 4.85. The molecule has 148 valence electrons. The molecule has 3 fully saturated rings. The van der Waals surface area contributed by atoms with Crippen molar-refractivity contribution in [1.29, 1.82) is 0 Å². The number of ether oxygens (including phenoxy) is 1. The Kier molecular flexibility index (Phi) is 9.86. The molecule has 3 aliphatic rings. The standard InChI is InChI=1S/C17H31N3O2S.2ClH/c18-13-16(5-9-22-10-6-16)15(21)19-14-17(3-1-2-4-17)20-7-11-23-12-8-20;;/h1-14,18H2,(H,19,21);2*1H. The fourth-order valence-electron chi connectivity index (χ4n) is 4.39. The summed E-state index contributed by atoms with van der Waals surface area (Å²) in [6, 6.07) is 0. The van der Waals surface area contributed by atoms with E-state index in [-0.39, 0.29) is 36.3 Å². The van der Waals surface area contributed by atoms with Crippen LogP contribution >= 0.6 is 36.6 Å². The molecule has 1 amide bonds.